The van der Waals surface area contributed by atoms with E-state index in [-0.39, 0.29) is 5.63 Å². The van der Waals surface area contributed by atoms with Crippen LogP contribution >= 0.6 is 0 Å². The Morgan fingerprint density at radius 2 is 2.05 bits per heavy atom. The van der Waals surface area contributed by atoms with Crippen LogP contribution in [0.25, 0.3) is 11.0 Å². The van der Waals surface area contributed by atoms with Crippen LogP contribution < -0.4 is 10.5 Å². The molecule has 0 N–H and O–H groups in total. The second-order valence-electron chi connectivity index (χ2n) is 4.90. The van der Waals surface area contributed by atoms with Crippen LogP contribution in [0.15, 0.2) is 33.5 Å². The first-order chi connectivity index (χ1) is 9.28. The minimum Gasteiger partial charge on any atom is -0.423 e. The highest BCUT2D eigenvalue weighted by Crippen LogP contribution is 2.26. The number of fused-ring (bicyclic) bond motifs is 1. The van der Waals surface area contributed by atoms with E-state index in [4.69, 9.17) is 9.15 Å². The third-order valence-corrected chi connectivity index (χ3v) is 3.58. The van der Waals surface area contributed by atoms with Crippen LogP contribution in [-0.4, -0.2) is 20.2 Å². The molecule has 1 fully saturated rings. The molecule has 0 atom stereocenters. The van der Waals surface area contributed by atoms with Gasteiger partial charge in [0.2, 0.25) is 0 Å². The molecule has 1 aliphatic heterocycles. The summed E-state index contributed by atoms with van der Waals surface area (Å²) in [5.41, 5.74) is 2.33. The first-order valence-electron chi connectivity index (χ1n) is 6.58. The lowest BCUT2D eigenvalue weighted by Crippen LogP contribution is -2.17. The zero-order chi connectivity index (χ0) is 13.2. The Labute approximate surface area is 111 Å². The van der Waals surface area contributed by atoms with Crippen LogP contribution in [0.5, 0.6) is 0 Å². The van der Waals surface area contributed by atoms with Crippen LogP contribution in [0.3, 0.4) is 0 Å². The Kier molecular flexibility index (Phi) is 3.25. The number of ether oxygens (including phenoxy) is 1. The van der Waals surface area contributed by atoms with Crippen molar-refractivity contribution in [2.45, 2.75) is 19.4 Å². The van der Waals surface area contributed by atoms with E-state index in [2.05, 4.69) is 11.0 Å². The minimum absolute atomic E-state index is 0.321. The summed E-state index contributed by atoms with van der Waals surface area (Å²) in [4.78, 5) is 13.9. The molecule has 1 aliphatic rings. The van der Waals surface area contributed by atoms with Crippen LogP contribution in [0.1, 0.15) is 18.4 Å². The average Bonchev–Trinajstić information content (AvgIpc) is 2.92. The van der Waals surface area contributed by atoms with Crippen molar-refractivity contribution in [1.82, 2.24) is 0 Å². The summed E-state index contributed by atoms with van der Waals surface area (Å²) < 4.78 is 10.4. The van der Waals surface area contributed by atoms with Gasteiger partial charge in [0.1, 0.15) is 5.58 Å². The second kappa shape index (κ2) is 5.05. The molecule has 0 saturated carbocycles. The molecule has 1 aromatic carbocycles. The van der Waals surface area contributed by atoms with Gasteiger partial charge in [-0.1, -0.05) is 0 Å². The summed E-state index contributed by atoms with van der Waals surface area (Å²) in [6.45, 7) is 2.58. The lowest BCUT2D eigenvalue weighted by atomic mass is 10.1. The highest BCUT2D eigenvalue weighted by atomic mass is 16.5. The molecule has 4 heteroatoms. The molecule has 0 radical (unpaired) electrons. The molecular weight excluding hydrogens is 242 g/mol. The van der Waals surface area contributed by atoms with E-state index in [1.165, 1.54) is 18.9 Å². The largest absolute Gasteiger partial charge is 0.423 e. The van der Waals surface area contributed by atoms with Crippen molar-refractivity contribution >= 4 is 16.7 Å². The van der Waals surface area contributed by atoms with Crippen molar-refractivity contribution in [2.24, 2.45) is 0 Å². The maximum atomic E-state index is 11.6. The number of anilines is 1. The Bertz CT molecular complexity index is 641. The Hall–Kier alpha value is -1.81. The van der Waals surface area contributed by atoms with Gasteiger partial charge in [-0.15, -0.1) is 0 Å². The topological polar surface area (TPSA) is 42.7 Å². The highest BCUT2D eigenvalue weighted by molar-refractivity contribution is 5.83. The Morgan fingerprint density at radius 1 is 1.26 bits per heavy atom. The Balaban J connectivity index is 2.09. The second-order valence-corrected chi connectivity index (χ2v) is 4.90. The van der Waals surface area contributed by atoms with Gasteiger partial charge in [0, 0.05) is 43.4 Å². The van der Waals surface area contributed by atoms with E-state index >= 15 is 0 Å². The standard InChI is InChI=1S/C15H17NO3/c1-18-10-11-8-15(17)19-14-9-12(4-5-13(11)14)16-6-2-3-7-16/h4-5,8-9H,2-3,6-7,10H2,1H3. The number of hydrogen-bond donors (Lipinski definition) is 0. The molecule has 1 aromatic heterocycles. The van der Waals surface area contributed by atoms with Crippen molar-refractivity contribution in [3.63, 3.8) is 0 Å². The fourth-order valence-corrected chi connectivity index (χ4v) is 2.67. The molecule has 2 aromatic rings. The molecule has 19 heavy (non-hydrogen) atoms. The molecule has 100 valence electrons. The van der Waals surface area contributed by atoms with Crippen molar-refractivity contribution < 1.29 is 9.15 Å². The van der Waals surface area contributed by atoms with Gasteiger partial charge < -0.3 is 14.1 Å². The lowest BCUT2D eigenvalue weighted by Gasteiger charge is -2.17. The van der Waals surface area contributed by atoms with Gasteiger partial charge in [0.25, 0.3) is 0 Å². The predicted octanol–water partition coefficient (Wildman–Crippen LogP) is 2.54. The number of hydrogen-bond acceptors (Lipinski definition) is 4. The molecule has 3 rings (SSSR count). The summed E-state index contributed by atoms with van der Waals surface area (Å²) in [6, 6.07) is 7.57. The summed E-state index contributed by atoms with van der Waals surface area (Å²) in [6.07, 6.45) is 2.46. The Morgan fingerprint density at radius 3 is 2.79 bits per heavy atom. The molecule has 1 saturated heterocycles. The predicted molar refractivity (Wildman–Crippen MR) is 74.6 cm³/mol. The SMILES string of the molecule is COCc1cc(=O)oc2cc(N3CCCC3)ccc12. The van der Waals surface area contributed by atoms with Crippen molar-refractivity contribution in [3.05, 3.63) is 40.2 Å². The maximum absolute atomic E-state index is 11.6. The van der Waals surface area contributed by atoms with Gasteiger partial charge in [-0.2, -0.15) is 0 Å². The van der Waals surface area contributed by atoms with Crippen molar-refractivity contribution in [2.75, 3.05) is 25.1 Å². The molecule has 0 spiro atoms. The van der Waals surface area contributed by atoms with Gasteiger partial charge in [-0.3, -0.25) is 0 Å². The third kappa shape index (κ3) is 2.36. The molecular formula is C15H17NO3. The van der Waals surface area contributed by atoms with Crippen molar-refractivity contribution in [3.8, 4) is 0 Å². The number of rotatable bonds is 3. The molecule has 0 aliphatic carbocycles. The smallest absolute Gasteiger partial charge is 0.336 e. The molecule has 0 unspecified atom stereocenters. The average molecular weight is 259 g/mol. The van der Waals surface area contributed by atoms with Crippen LogP contribution in [0, 0.1) is 0 Å². The van der Waals surface area contributed by atoms with Crippen LogP contribution in [0.2, 0.25) is 0 Å². The van der Waals surface area contributed by atoms with Crippen molar-refractivity contribution in [1.29, 1.82) is 0 Å². The van der Waals surface area contributed by atoms with E-state index < -0.39 is 0 Å². The number of nitrogens with zero attached hydrogens (tertiary/aromatic N) is 1. The molecule has 4 nitrogen and oxygen atoms in total. The normalized spacial score (nSPS) is 15.3. The zero-order valence-electron chi connectivity index (χ0n) is 11.0. The van der Waals surface area contributed by atoms with Crippen LogP contribution in [0.4, 0.5) is 5.69 Å². The monoisotopic (exact) mass is 259 g/mol. The molecule has 0 bridgehead atoms. The number of methoxy groups -OCH3 is 1. The van der Waals surface area contributed by atoms with E-state index in [1.54, 1.807) is 7.11 Å². The lowest BCUT2D eigenvalue weighted by molar-refractivity contribution is 0.185. The van der Waals surface area contributed by atoms with Gasteiger partial charge >= 0.3 is 5.63 Å². The quantitative estimate of drug-likeness (QED) is 0.794. The van der Waals surface area contributed by atoms with Gasteiger partial charge in [-0.25, -0.2) is 4.79 Å². The van der Waals surface area contributed by atoms with E-state index in [0.717, 1.165) is 29.7 Å². The summed E-state index contributed by atoms with van der Waals surface area (Å²) in [7, 11) is 1.62. The first kappa shape index (κ1) is 12.2. The van der Waals surface area contributed by atoms with Crippen LogP contribution in [-0.2, 0) is 11.3 Å². The third-order valence-electron chi connectivity index (χ3n) is 3.58. The maximum Gasteiger partial charge on any atom is 0.336 e. The van der Waals surface area contributed by atoms with Gasteiger partial charge in [0.15, 0.2) is 0 Å². The van der Waals surface area contributed by atoms with Gasteiger partial charge in [0.05, 0.1) is 6.61 Å². The van der Waals surface area contributed by atoms with E-state index in [0.29, 0.717) is 12.2 Å². The first-order valence-corrected chi connectivity index (χ1v) is 6.58. The number of benzene rings is 1. The molecule has 0 amide bonds. The summed E-state index contributed by atoms with van der Waals surface area (Å²) in [5, 5.41) is 0.949. The fraction of sp³-hybridized carbons (Fsp3) is 0.400. The minimum atomic E-state index is -0.321. The van der Waals surface area contributed by atoms with E-state index in [1.807, 2.05) is 12.1 Å². The summed E-state index contributed by atoms with van der Waals surface area (Å²) >= 11 is 0. The van der Waals surface area contributed by atoms with E-state index in [9.17, 15) is 4.79 Å². The fourth-order valence-electron chi connectivity index (χ4n) is 2.67. The molecule has 2 heterocycles. The summed E-state index contributed by atoms with van der Waals surface area (Å²) in [5.74, 6) is 0. The zero-order valence-corrected chi connectivity index (χ0v) is 11.0. The highest BCUT2D eigenvalue weighted by Gasteiger charge is 2.14. The van der Waals surface area contributed by atoms with Gasteiger partial charge in [-0.05, 0) is 30.5 Å².